The molecule has 4 aromatic rings. The van der Waals surface area contributed by atoms with E-state index in [1.807, 2.05) is 30.3 Å². The fourth-order valence-electron chi connectivity index (χ4n) is 4.30. The van der Waals surface area contributed by atoms with Crippen molar-refractivity contribution in [2.45, 2.75) is 32.9 Å². The molecule has 4 rings (SSSR count). The van der Waals surface area contributed by atoms with E-state index < -0.39 is 30.0 Å². The van der Waals surface area contributed by atoms with E-state index in [9.17, 15) is 29.4 Å². The van der Waals surface area contributed by atoms with Crippen LogP contribution in [0.25, 0.3) is 16.8 Å². The first kappa shape index (κ1) is 30.4. The van der Waals surface area contributed by atoms with E-state index in [1.165, 1.54) is 15.3 Å². The SMILES string of the molecule is CCn1cc(C)c(O)c(NC(=O)NC(CC(=O)O)c2cccc(-n3cccc(-c4ccccc4)c3=O)c2)c1=O.[H-].[Na+]. The normalized spacial score (nSPS) is 11.2. The van der Waals surface area contributed by atoms with Crippen LogP contribution in [0.15, 0.2) is 88.7 Å². The number of amides is 2. The van der Waals surface area contributed by atoms with Crippen LogP contribution in [0.1, 0.15) is 31.9 Å². The van der Waals surface area contributed by atoms with Crippen LogP contribution in [-0.4, -0.2) is 31.3 Å². The zero-order chi connectivity index (χ0) is 28.1. The Balaban J connectivity index is 0.00000294. The number of carboxylic acid groups (broad SMARTS) is 1. The van der Waals surface area contributed by atoms with E-state index in [2.05, 4.69) is 10.6 Å². The number of aromatic hydroxyl groups is 1. The molecule has 0 aliphatic heterocycles. The van der Waals surface area contributed by atoms with Crippen molar-refractivity contribution in [2.24, 2.45) is 0 Å². The second-order valence-corrected chi connectivity index (χ2v) is 8.93. The van der Waals surface area contributed by atoms with Crippen LogP contribution in [0.3, 0.4) is 0 Å². The second-order valence-electron chi connectivity index (χ2n) is 8.93. The minimum absolute atomic E-state index is 0. The minimum Gasteiger partial charge on any atom is -1.00 e. The van der Waals surface area contributed by atoms with Crippen LogP contribution in [0.4, 0.5) is 10.5 Å². The van der Waals surface area contributed by atoms with Crippen molar-refractivity contribution >= 4 is 17.7 Å². The molecule has 1 unspecified atom stereocenters. The van der Waals surface area contributed by atoms with E-state index in [0.29, 0.717) is 28.9 Å². The summed E-state index contributed by atoms with van der Waals surface area (Å²) in [7, 11) is 0. The Morgan fingerprint density at radius 3 is 2.40 bits per heavy atom. The number of aromatic nitrogens is 2. The average Bonchev–Trinajstić information content (AvgIpc) is 2.93. The summed E-state index contributed by atoms with van der Waals surface area (Å²) in [4.78, 5) is 50.5. The maximum atomic E-state index is 13.3. The van der Waals surface area contributed by atoms with E-state index >= 15 is 0 Å². The number of rotatable bonds is 8. The molecule has 10 nitrogen and oxygen atoms in total. The van der Waals surface area contributed by atoms with E-state index in [-0.39, 0.29) is 48.0 Å². The summed E-state index contributed by atoms with van der Waals surface area (Å²) >= 11 is 0. The number of urea groups is 1. The van der Waals surface area contributed by atoms with Gasteiger partial charge in [0.2, 0.25) is 0 Å². The van der Waals surface area contributed by atoms with Crippen LogP contribution in [0.5, 0.6) is 5.75 Å². The predicted octanol–water partition coefficient (Wildman–Crippen LogP) is 1.15. The third kappa shape index (κ3) is 6.71. The second kappa shape index (κ2) is 13.3. The molecular formula is C29H29N4NaO6. The molecule has 0 saturated heterocycles. The summed E-state index contributed by atoms with van der Waals surface area (Å²) in [6.07, 6.45) is 2.63. The molecule has 0 aliphatic rings. The summed E-state index contributed by atoms with van der Waals surface area (Å²) in [5, 5.41) is 24.8. The fourth-order valence-corrected chi connectivity index (χ4v) is 4.30. The van der Waals surface area contributed by atoms with Gasteiger partial charge in [0.15, 0.2) is 5.69 Å². The van der Waals surface area contributed by atoms with Crippen molar-refractivity contribution in [3.8, 4) is 22.6 Å². The monoisotopic (exact) mass is 552 g/mol. The van der Waals surface area contributed by atoms with Gasteiger partial charge in [0.25, 0.3) is 11.1 Å². The van der Waals surface area contributed by atoms with Crippen molar-refractivity contribution in [1.82, 2.24) is 14.5 Å². The van der Waals surface area contributed by atoms with Gasteiger partial charge >= 0.3 is 41.6 Å². The van der Waals surface area contributed by atoms with E-state index in [4.69, 9.17) is 0 Å². The number of hydrogen-bond donors (Lipinski definition) is 4. The largest absolute Gasteiger partial charge is 1.00 e. The molecule has 2 aromatic heterocycles. The number of carbonyl (C=O) groups excluding carboxylic acids is 1. The zero-order valence-corrected chi connectivity index (χ0v) is 24.4. The van der Waals surface area contributed by atoms with Gasteiger partial charge in [-0.05, 0) is 49.2 Å². The Labute approximate surface area is 253 Å². The Bertz CT molecular complexity index is 1660. The molecule has 0 radical (unpaired) electrons. The van der Waals surface area contributed by atoms with Crippen molar-refractivity contribution in [2.75, 3.05) is 5.32 Å². The van der Waals surface area contributed by atoms with Gasteiger partial charge in [-0.15, -0.1) is 0 Å². The molecule has 0 fully saturated rings. The van der Waals surface area contributed by atoms with Gasteiger partial charge in [0, 0.05) is 35.8 Å². The van der Waals surface area contributed by atoms with E-state index in [1.54, 1.807) is 56.4 Å². The number of carbonyl (C=O) groups is 2. The Hall–Kier alpha value is -4.12. The number of nitrogens with one attached hydrogen (secondary N) is 2. The zero-order valence-electron chi connectivity index (χ0n) is 23.4. The van der Waals surface area contributed by atoms with Gasteiger partial charge in [-0.3, -0.25) is 19.0 Å². The first-order valence-electron chi connectivity index (χ1n) is 12.3. The molecule has 4 N–H and O–H groups in total. The number of anilines is 1. The number of benzene rings is 2. The molecule has 2 aromatic carbocycles. The number of nitrogens with zero attached hydrogens (tertiary/aromatic N) is 2. The summed E-state index contributed by atoms with van der Waals surface area (Å²) in [6.45, 7) is 3.67. The smallest absolute Gasteiger partial charge is 1.00 e. The molecule has 2 amide bonds. The van der Waals surface area contributed by atoms with Crippen LogP contribution in [0.2, 0.25) is 0 Å². The van der Waals surface area contributed by atoms with Crippen molar-refractivity contribution in [1.29, 1.82) is 0 Å². The maximum Gasteiger partial charge on any atom is 1.00 e. The molecule has 0 aliphatic carbocycles. The summed E-state index contributed by atoms with van der Waals surface area (Å²) in [6, 6.07) is 17.4. The van der Waals surface area contributed by atoms with Crippen LogP contribution in [0, 0.1) is 6.92 Å². The number of carboxylic acids is 1. The molecule has 0 bridgehead atoms. The Morgan fingerprint density at radius 1 is 1.00 bits per heavy atom. The first-order valence-corrected chi connectivity index (χ1v) is 12.3. The molecular weight excluding hydrogens is 523 g/mol. The molecule has 40 heavy (non-hydrogen) atoms. The standard InChI is InChI=1S/C29H28N4O6.Na.H/c1-3-32-17-18(2)26(36)25(28(32)38)31-29(39)30-23(16-24(34)35)20-11-7-12-21(15-20)33-14-8-13-22(27(33)37)19-9-5-4-6-10-19;;/h4-15,17,23,36H,3,16H2,1-2H3,(H,34,35)(H2,30,31,39);;/q;+1;-1. The van der Waals surface area contributed by atoms with Gasteiger partial charge in [-0.1, -0.05) is 42.5 Å². The predicted molar refractivity (Wildman–Crippen MR) is 149 cm³/mol. The van der Waals surface area contributed by atoms with Gasteiger partial charge in [-0.2, -0.15) is 0 Å². The third-order valence-corrected chi connectivity index (χ3v) is 6.28. The maximum absolute atomic E-state index is 13.3. The molecule has 0 spiro atoms. The Kier molecular flexibility index (Phi) is 10.1. The molecule has 2 heterocycles. The van der Waals surface area contributed by atoms with Crippen molar-refractivity contribution < 1.29 is 50.8 Å². The van der Waals surface area contributed by atoms with Gasteiger partial charge < -0.3 is 26.8 Å². The number of aliphatic carboxylic acids is 1. The molecule has 1 atom stereocenters. The molecule has 202 valence electrons. The average molecular weight is 553 g/mol. The van der Waals surface area contributed by atoms with Gasteiger partial charge in [-0.25, -0.2) is 4.79 Å². The van der Waals surface area contributed by atoms with Gasteiger partial charge in [0.05, 0.1) is 12.5 Å². The summed E-state index contributed by atoms with van der Waals surface area (Å²) < 4.78 is 2.78. The summed E-state index contributed by atoms with van der Waals surface area (Å²) in [5.41, 5.74) is 1.41. The molecule has 11 heteroatoms. The Morgan fingerprint density at radius 2 is 1.73 bits per heavy atom. The molecule has 0 saturated carbocycles. The fraction of sp³-hybridized carbons (Fsp3) is 0.172. The van der Waals surface area contributed by atoms with Crippen LogP contribution >= 0.6 is 0 Å². The van der Waals surface area contributed by atoms with Crippen molar-refractivity contribution in [3.63, 3.8) is 0 Å². The number of hydrogen-bond acceptors (Lipinski definition) is 5. The quantitative estimate of drug-likeness (QED) is 0.242. The van der Waals surface area contributed by atoms with E-state index in [0.717, 1.165) is 5.56 Å². The van der Waals surface area contributed by atoms with Gasteiger partial charge in [0.1, 0.15) is 5.75 Å². The minimum atomic E-state index is -1.17. The van der Waals surface area contributed by atoms with Crippen LogP contribution < -0.4 is 51.3 Å². The first-order chi connectivity index (χ1) is 18.7. The topological polar surface area (TPSA) is 143 Å². The van der Waals surface area contributed by atoms with Crippen LogP contribution in [-0.2, 0) is 11.3 Å². The number of aryl methyl sites for hydroxylation is 2. The number of pyridine rings is 2. The third-order valence-electron chi connectivity index (χ3n) is 6.28. The van der Waals surface area contributed by atoms with Crippen molar-refractivity contribution in [3.05, 3.63) is 111 Å². The summed E-state index contributed by atoms with van der Waals surface area (Å²) in [5.74, 6) is -1.53.